The average molecular weight is 304 g/mol. The number of thioether (sulfide) groups is 1. The van der Waals surface area contributed by atoms with E-state index in [0.29, 0.717) is 23.2 Å². The number of nitrogens with zero attached hydrogens (tertiary/aromatic N) is 1. The largest absolute Gasteiger partial charge is 0.380 e. The molecule has 1 aliphatic heterocycles. The lowest BCUT2D eigenvalue weighted by Crippen LogP contribution is -2.46. The van der Waals surface area contributed by atoms with Crippen LogP contribution in [0.2, 0.25) is 0 Å². The van der Waals surface area contributed by atoms with Crippen molar-refractivity contribution < 1.29 is 0 Å². The third-order valence-corrected chi connectivity index (χ3v) is 6.11. The molecule has 5 heteroatoms. The number of fused-ring (bicyclic) bond motifs is 2. The summed E-state index contributed by atoms with van der Waals surface area (Å²) in [6.07, 6.45) is 7.15. The zero-order valence-electron chi connectivity index (χ0n) is 12.0. The van der Waals surface area contributed by atoms with Crippen molar-refractivity contribution >= 4 is 23.1 Å². The lowest BCUT2D eigenvalue weighted by molar-refractivity contribution is 0.471. The summed E-state index contributed by atoms with van der Waals surface area (Å²) in [5, 5.41) is 3.30. The molecule has 1 heterocycles. The van der Waals surface area contributed by atoms with Gasteiger partial charge in [0.25, 0.3) is 10.9 Å². The molecule has 0 unspecified atom stereocenters. The zero-order valence-corrected chi connectivity index (χ0v) is 12.8. The summed E-state index contributed by atoms with van der Waals surface area (Å²) in [6, 6.07) is 0. The van der Waals surface area contributed by atoms with Crippen molar-refractivity contribution in [3.63, 3.8) is 0 Å². The van der Waals surface area contributed by atoms with Crippen LogP contribution in [0.3, 0.4) is 0 Å². The molecule has 0 amide bonds. The summed E-state index contributed by atoms with van der Waals surface area (Å²) in [5.74, 6) is 4.11. The summed E-state index contributed by atoms with van der Waals surface area (Å²) in [5.41, 5.74) is 0.622. The number of anilines is 2. The molecule has 4 rings (SSSR count). The van der Waals surface area contributed by atoms with E-state index in [0.717, 1.165) is 37.1 Å². The van der Waals surface area contributed by atoms with Crippen molar-refractivity contribution in [1.29, 1.82) is 0 Å². The molecule has 21 heavy (non-hydrogen) atoms. The first kappa shape index (κ1) is 13.4. The van der Waals surface area contributed by atoms with E-state index in [1.54, 1.807) is 0 Å². The third-order valence-electron chi connectivity index (χ3n) is 5.17. The van der Waals surface area contributed by atoms with Crippen LogP contribution in [0.15, 0.2) is 21.7 Å². The normalized spacial score (nSPS) is 31.2. The molecule has 0 aromatic heterocycles. The minimum atomic E-state index is -0.318. The van der Waals surface area contributed by atoms with Crippen molar-refractivity contribution in [1.82, 2.24) is 0 Å². The summed E-state index contributed by atoms with van der Waals surface area (Å²) in [6.45, 7) is 2.58. The molecule has 2 fully saturated rings. The van der Waals surface area contributed by atoms with Gasteiger partial charge in [0.2, 0.25) is 0 Å². The van der Waals surface area contributed by atoms with E-state index in [1.165, 1.54) is 12.8 Å². The molecule has 1 saturated carbocycles. The molecule has 112 valence electrons. The molecule has 1 N–H and O–H groups in total. The third kappa shape index (κ3) is 2.22. The van der Waals surface area contributed by atoms with Gasteiger partial charge in [-0.3, -0.25) is 9.59 Å². The van der Waals surface area contributed by atoms with Gasteiger partial charge in [-0.1, -0.05) is 12.2 Å². The predicted molar refractivity (Wildman–Crippen MR) is 88.2 cm³/mol. The van der Waals surface area contributed by atoms with Crippen LogP contribution in [0, 0.1) is 17.8 Å². The van der Waals surface area contributed by atoms with Gasteiger partial charge in [-0.2, -0.15) is 11.8 Å². The molecule has 0 spiro atoms. The first-order valence-electron chi connectivity index (χ1n) is 7.82. The number of rotatable bonds is 4. The second-order valence-corrected chi connectivity index (χ2v) is 7.63. The lowest BCUT2D eigenvalue weighted by atomic mass is 9.93. The van der Waals surface area contributed by atoms with E-state index in [-0.39, 0.29) is 10.9 Å². The van der Waals surface area contributed by atoms with Crippen molar-refractivity contribution in [3.05, 3.63) is 32.6 Å². The minimum Gasteiger partial charge on any atom is -0.380 e. The Balaban J connectivity index is 1.45. The Kier molecular flexibility index (Phi) is 3.32. The van der Waals surface area contributed by atoms with Gasteiger partial charge in [0.15, 0.2) is 0 Å². The quantitative estimate of drug-likeness (QED) is 0.674. The summed E-state index contributed by atoms with van der Waals surface area (Å²) < 4.78 is 0. The van der Waals surface area contributed by atoms with Crippen LogP contribution in [0.25, 0.3) is 0 Å². The molecular weight excluding hydrogens is 284 g/mol. The number of hydrogen-bond acceptors (Lipinski definition) is 5. The molecule has 0 radical (unpaired) electrons. The van der Waals surface area contributed by atoms with Crippen molar-refractivity contribution in [2.24, 2.45) is 17.8 Å². The molecule has 2 aliphatic carbocycles. The number of hydrogen-bond donors (Lipinski definition) is 1. The van der Waals surface area contributed by atoms with Crippen LogP contribution in [0.4, 0.5) is 11.4 Å². The molecule has 3 atom stereocenters. The van der Waals surface area contributed by atoms with E-state index in [2.05, 4.69) is 22.4 Å². The van der Waals surface area contributed by atoms with Gasteiger partial charge in [0.1, 0.15) is 11.4 Å². The Morgan fingerprint density at radius 1 is 1.14 bits per heavy atom. The maximum atomic E-state index is 11.9. The molecule has 1 aromatic rings. The van der Waals surface area contributed by atoms with Crippen molar-refractivity contribution in [3.8, 4) is 0 Å². The van der Waals surface area contributed by atoms with Gasteiger partial charge >= 0.3 is 0 Å². The Morgan fingerprint density at radius 3 is 2.62 bits per heavy atom. The summed E-state index contributed by atoms with van der Waals surface area (Å²) >= 11 is 1.91. The van der Waals surface area contributed by atoms with Gasteiger partial charge in [-0.25, -0.2) is 0 Å². The summed E-state index contributed by atoms with van der Waals surface area (Å²) in [4.78, 5) is 25.8. The Morgan fingerprint density at radius 2 is 1.95 bits per heavy atom. The van der Waals surface area contributed by atoms with E-state index in [9.17, 15) is 9.59 Å². The standard InChI is InChI=1S/C16H20N2O2S/c19-15-13(14(16(15)20)18-3-5-21-6-4-18)17-9-12-8-10-1-2-11(12)7-10/h1-2,10-12,17H,3-9H2/t10-,11+,12+/m1/s1. The van der Waals surface area contributed by atoms with Gasteiger partial charge in [-0.15, -0.1) is 0 Å². The van der Waals surface area contributed by atoms with E-state index in [4.69, 9.17) is 0 Å². The molecule has 1 aromatic carbocycles. The fraction of sp³-hybridized carbons (Fsp3) is 0.625. The molecule has 3 aliphatic rings. The summed E-state index contributed by atoms with van der Waals surface area (Å²) in [7, 11) is 0. The Labute approximate surface area is 128 Å². The Hall–Kier alpha value is -1.23. The Bertz CT molecular complexity index is 641. The first-order chi connectivity index (χ1) is 10.2. The van der Waals surface area contributed by atoms with Crippen LogP contribution < -0.4 is 21.1 Å². The number of nitrogens with one attached hydrogen (secondary N) is 1. The molecule has 2 bridgehead atoms. The van der Waals surface area contributed by atoms with Crippen LogP contribution >= 0.6 is 11.8 Å². The molecule has 4 nitrogen and oxygen atoms in total. The highest BCUT2D eigenvalue weighted by Crippen LogP contribution is 2.43. The number of allylic oxidation sites excluding steroid dienone is 2. The fourth-order valence-corrected chi connectivity index (χ4v) is 4.90. The van der Waals surface area contributed by atoms with E-state index in [1.807, 2.05) is 11.8 Å². The van der Waals surface area contributed by atoms with E-state index >= 15 is 0 Å². The highest BCUT2D eigenvalue weighted by molar-refractivity contribution is 7.99. The van der Waals surface area contributed by atoms with Gasteiger partial charge in [-0.05, 0) is 30.6 Å². The monoisotopic (exact) mass is 304 g/mol. The smallest absolute Gasteiger partial charge is 0.253 e. The van der Waals surface area contributed by atoms with Crippen LogP contribution in [-0.4, -0.2) is 31.1 Å². The van der Waals surface area contributed by atoms with Crippen molar-refractivity contribution in [2.75, 3.05) is 41.4 Å². The van der Waals surface area contributed by atoms with Crippen LogP contribution in [0.5, 0.6) is 0 Å². The SMILES string of the molecule is O=c1c(NC[C@@H]2C[C@@H]3C=C[C@H]2C3)c(N2CCSCC2)c1=O. The second kappa shape index (κ2) is 5.20. The van der Waals surface area contributed by atoms with Gasteiger partial charge < -0.3 is 10.2 Å². The van der Waals surface area contributed by atoms with Crippen LogP contribution in [-0.2, 0) is 0 Å². The van der Waals surface area contributed by atoms with Gasteiger partial charge in [0.05, 0.1) is 0 Å². The van der Waals surface area contributed by atoms with Crippen LogP contribution in [0.1, 0.15) is 12.8 Å². The van der Waals surface area contributed by atoms with E-state index < -0.39 is 0 Å². The molecular formula is C16H20N2O2S. The topological polar surface area (TPSA) is 49.4 Å². The van der Waals surface area contributed by atoms with Gasteiger partial charge in [0, 0.05) is 31.1 Å². The first-order valence-corrected chi connectivity index (χ1v) is 8.97. The maximum absolute atomic E-state index is 11.9. The lowest BCUT2D eigenvalue weighted by Gasteiger charge is -2.31. The predicted octanol–water partition coefficient (Wildman–Crippen LogP) is 1.46. The maximum Gasteiger partial charge on any atom is 0.253 e. The highest BCUT2D eigenvalue weighted by atomic mass is 32.2. The molecule has 1 saturated heterocycles. The zero-order chi connectivity index (χ0) is 14.4. The average Bonchev–Trinajstić information content (AvgIpc) is 3.14. The second-order valence-electron chi connectivity index (χ2n) is 6.40. The highest BCUT2D eigenvalue weighted by Gasteiger charge is 2.36. The fourth-order valence-electron chi connectivity index (χ4n) is 3.99. The van der Waals surface area contributed by atoms with Crippen molar-refractivity contribution in [2.45, 2.75) is 12.8 Å². The minimum absolute atomic E-state index is 0.294.